The molecule has 1 aromatic carbocycles. The summed E-state index contributed by atoms with van der Waals surface area (Å²) in [6.07, 6.45) is 1.89. The third-order valence-electron chi connectivity index (χ3n) is 3.66. The van der Waals surface area contributed by atoms with Gasteiger partial charge in [0, 0.05) is 31.2 Å². The van der Waals surface area contributed by atoms with Crippen molar-refractivity contribution in [2.45, 2.75) is 39.2 Å². The van der Waals surface area contributed by atoms with E-state index in [4.69, 9.17) is 5.73 Å². The minimum absolute atomic E-state index is 0.0130. The van der Waals surface area contributed by atoms with E-state index in [1.54, 1.807) is 4.90 Å². The summed E-state index contributed by atoms with van der Waals surface area (Å²) in [5.74, 6) is -0.0557. The lowest BCUT2D eigenvalue weighted by molar-refractivity contribution is -0.116. The second kappa shape index (κ2) is 7.26. The van der Waals surface area contributed by atoms with E-state index in [0.717, 1.165) is 17.7 Å². The molecule has 1 heterocycles. The van der Waals surface area contributed by atoms with Crippen LogP contribution in [-0.2, 0) is 11.2 Å². The fourth-order valence-electron chi connectivity index (χ4n) is 2.50. The predicted molar refractivity (Wildman–Crippen MR) is 88.1 cm³/mol. The van der Waals surface area contributed by atoms with Crippen molar-refractivity contribution in [1.29, 1.82) is 0 Å². The number of hydrogen-bond acceptors (Lipinski definition) is 3. The first-order chi connectivity index (χ1) is 10.5. The van der Waals surface area contributed by atoms with E-state index in [-0.39, 0.29) is 18.0 Å². The first-order valence-electron chi connectivity index (χ1n) is 7.75. The Kier molecular flexibility index (Phi) is 5.38. The Labute approximate surface area is 131 Å². The van der Waals surface area contributed by atoms with E-state index in [9.17, 15) is 9.59 Å². The van der Waals surface area contributed by atoms with Crippen LogP contribution in [0.3, 0.4) is 0 Å². The first-order valence-corrected chi connectivity index (χ1v) is 7.75. The average Bonchev–Trinajstić information content (AvgIpc) is 2.88. The molecule has 2 rings (SSSR count). The first kappa shape index (κ1) is 16.3. The van der Waals surface area contributed by atoms with E-state index in [2.05, 4.69) is 10.6 Å². The van der Waals surface area contributed by atoms with E-state index in [1.807, 2.05) is 32.0 Å². The molecular formula is C16H24N4O2. The zero-order valence-electron chi connectivity index (χ0n) is 13.2. The van der Waals surface area contributed by atoms with Crippen molar-refractivity contribution >= 4 is 23.3 Å². The van der Waals surface area contributed by atoms with Gasteiger partial charge in [-0.2, -0.15) is 0 Å². The zero-order chi connectivity index (χ0) is 16.1. The van der Waals surface area contributed by atoms with Crippen molar-refractivity contribution < 1.29 is 9.59 Å². The van der Waals surface area contributed by atoms with E-state index in [1.165, 1.54) is 0 Å². The van der Waals surface area contributed by atoms with Crippen LogP contribution in [0.4, 0.5) is 16.2 Å². The molecule has 0 radical (unpaired) electrons. The van der Waals surface area contributed by atoms with Crippen LogP contribution in [0.15, 0.2) is 18.2 Å². The molecule has 6 nitrogen and oxygen atoms in total. The fourth-order valence-corrected chi connectivity index (χ4v) is 2.50. The number of nitrogens with zero attached hydrogens (tertiary/aromatic N) is 1. The van der Waals surface area contributed by atoms with Crippen molar-refractivity contribution in [2.75, 3.05) is 23.3 Å². The molecule has 0 fully saturated rings. The lowest BCUT2D eigenvalue weighted by Gasteiger charge is -2.18. The van der Waals surface area contributed by atoms with Gasteiger partial charge in [-0.15, -0.1) is 0 Å². The number of carbonyl (C=O) groups excluding carboxylic acids is 2. The molecule has 0 aromatic heterocycles. The standard InChI is InChI=1S/C16H24N4O2/c1-3-18-16(22)20-9-8-12-5-6-13(10-14(12)20)19-15(21)7-4-11(2)17/h5-6,10-11H,3-4,7-9,17H2,1-2H3,(H,18,22)(H,19,21). The second-order valence-electron chi connectivity index (χ2n) is 5.64. The highest BCUT2D eigenvalue weighted by Gasteiger charge is 2.24. The normalized spacial score (nSPS) is 14.4. The number of fused-ring (bicyclic) bond motifs is 1. The van der Waals surface area contributed by atoms with Crippen molar-refractivity contribution in [1.82, 2.24) is 5.32 Å². The Morgan fingerprint density at radius 3 is 2.86 bits per heavy atom. The highest BCUT2D eigenvalue weighted by molar-refractivity contribution is 5.96. The Bertz CT molecular complexity index is 557. The fraction of sp³-hybridized carbons (Fsp3) is 0.500. The lowest BCUT2D eigenvalue weighted by atomic mass is 10.1. The summed E-state index contributed by atoms with van der Waals surface area (Å²) in [5, 5.41) is 5.67. The van der Waals surface area contributed by atoms with Gasteiger partial charge in [0.2, 0.25) is 5.91 Å². The molecule has 1 aromatic rings. The minimum atomic E-state index is -0.0957. The van der Waals surface area contributed by atoms with Gasteiger partial charge in [-0.05, 0) is 44.4 Å². The molecule has 0 saturated heterocycles. The number of anilines is 2. The van der Waals surface area contributed by atoms with E-state index >= 15 is 0 Å². The maximum atomic E-state index is 12.0. The topological polar surface area (TPSA) is 87.5 Å². The summed E-state index contributed by atoms with van der Waals surface area (Å²) in [6, 6.07) is 5.63. The Morgan fingerprint density at radius 1 is 1.41 bits per heavy atom. The smallest absolute Gasteiger partial charge is 0.321 e. The van der Waals surface area contributed by atoms with Crippen LogP contribution in [0.5, 0.6) is 0 Å². The molecule has 6 heteroatoms. The number of urea groups is 1. The molecule has 1 unspecified atom stereocenters. The third-order valence-corrected chi connectivity index (χ3v) is 3.66. The van der Waals surface area contributed by atoms with Gasteiger partial charge in [-0.3, -0.25) is 9.69 Å². The Hall–Kier alpha value is -2.08. The largest absolute Gasteiger partial charge is 0.338 e. The van der Waals surface area contributed by atoms with Gasteiger partial charge in [-0.25, -0.2) is 4.79 Å². The highest BCUT2D eigenvalue weighted by atomic mass is 16.2. The number of nitrogens with two attached hydrogens (primary N) is 1. The molecule has 0 bridgehead atoms. The van der Waals surface area contributed by atoms with Crippen LogP contribution in [-0.4, -0.2) is 31.1 Å². The Morgan fingerprint density at radius 2 is 2.18 bits per heavy atom. The molecule has 4 N–H and O–H groups in total. The molecule has 3 amide bonds. The molecular weight excluding hydrogens is 280 g/mol. The Balaban J connectivity index is 2.05. The number of nitrogens with one attached hydrogen (secondary N) is 2. The second-order valence-corrected chi connectivity index (χ2v) is 5.64. The van der Waals surface area contributed by atoms with Gasteiger partial charge in [-0.1, -0.05) is 6.07 Å². The van der Waals surface area contributed by atoms with Crippen molar-refractivity contribution in [3.8, 4) is 0 Å². The van der Waals surface area contributed by atoms with Crippen molar-refractivity contribution in [2.24, 2.45) is 5.73 Å². The van der Waals surface area contributed by atoms with Crippen LogP contribution in [0.25, 0.3) is 0 Å². The van der Waals surface area contributed by atoms with Crippen LogP contribution >= 0.6 is 0 Å². The molecule has 22 heavy (non-hydrogen) atoms. The predicted octanol–water partition coefficient (Wildman–Crippen LogP) is 1.84. The number of rotatable bonds is 5. The van der Waals surface area contributed by atoms with Gasteiger partial charge >= 0.3 is 6.03 Å². The van der Waals surface area contributed by atoms with E-state index in [0.29, 0.717) is 31.6 Å². The molecule has 0 aliphatic carbocycles. The van der Waals surface area contributed by atoms with Gasteiger partial charge in [0.1, 0.15) is 0 Å². The molecule has 1 atom stereocenters. The third kappa shape index (κ3) is 3.98. The monoisotopic (exact) mass is 304 g/mol. The summed E-state index contributed by atoms with van der Waals surface area (Å²) in [7, 11) is 0. The molecule has 0 spiro atoms. The number of benzene rings is 1. The molecule has 1 aliphatic rings. The molecule has 120 valence electrons. The SMILES string of the molecule is CCNC(=O)N1CCc2ccc(NC(=O)CCC(C)N)cc21. The summed E-state index contributed by atoms with van der Waals surface area (Å²) < 4.78 is 0. The summed E-state index contributed by atoms with van der Waals surface area (Å²) >= 11 is 0. The van der Waals surface area contributed by atoms with Gasteiger partial charge < -0.3 is 16.4 Å². The van der Waals surface area contributed by atoms with Crippen LogP contribution in [0.1, 0.15) is 32.3 Å². The van der Waals surface area contributed by atoms with Crippen molar-refractivity contribution in [3.63, 3.8) is 0 Å². The summed E-state index contributed by atoms with van der Waals surface area (Å²) in [6.45, 7) is 5.04. The summed E-state index contributed by atoms with van der Waals surface area (Å²) in [4.78, 5) is 25.6. The molecule has 0 saturated carbocycles. The van der Waals surface area contributed by atoms with Crippen molar-refractivity contribution in [3.05, 3.63) is 23.8 Å². The van der Waals surface area contributed by atoms with Crippen LogP contribution in [0, 0.1) is 0 Å². The average molecular weight is 304 g/mol. The minimum Gasteiger partial charge on any atom is -0.338 e. The molecule has 1 aliphatic heterocycles. The van der Waals surface area contributed by atoms with Gasteiger partial charge in [0.15, 0.2) is 0 Å². The quantitative estimate of drug-likeness (QED) is 0.775. The van der Waals surface area contributed by atoms with Crippen LogP contribution in [0.2, 0.25) is 0 Å². The van der Waals surface area contributed by atoms with E-state index < -0.39 is 0 Å². The van der Waals surface area contributed by atoms with Crippen LogP contribution < -0.4 is 21.3 Å². The number of hydrogen-bond donors (Lipinski definition) is 3. The van der Waals surface area contributed by atoms with Gasteiger partial charge in [0.05, 0.1) is 5.69 Å². The number of carbonyl (C=O) groups is 2. The number of amides is 3. The zero-order valence-corrected chi connectivity index (χ0v) is 13.2. The lowest BCUT2D eigenvalue weighted by Crippen LogP contribution is -2.38. The highest BCUT2D eigenvalue weighted by Crippen LogP contribution is 2.30. The maximum Gasteiger partial charge on any atom is 0.321 e. The summed E-state index contributed by atoms with van der Waals surface area (Å²) in [5.41, 5.74) is 8.37. The maximum absolute atomic E-state index is 12.0. The van der Waals surface area contributed by atoms with Gasteiger partial charge in [0.25, 0.3) is 0 Å².